The monoisotopic (exact) mass is 340 g/mol. The standard InChI is InChI=1S/C15H15F3N4O2/c16-15(17,18)8-22-7-9(5-6-12(22)23)13(24)21-14-19-10-3-1-2-4-11(10)20-14/h1-4,9H,5-8H2,(H2,19,20,21,24). The van der Waals surface area contributed by atoms with E-state index in [1.807, 2.05) is 6.07 Å². The van der Waals surface area contributed by atoms with Crippen molar-refractivity contribution in [3.05, 3.63) is 24.3 Å². The molecule has 1 aliphatic rings. The van der Waals surface area contributed by atoms with Crippen LogP contribution in [0, 0.1) is 5.92 Å². The molecule has 9 heteroatoms. The van der Waals surface area contributed by atoms with E-state index in [0.29, 0.717) is 10.4 Å². The highest BCUT2D eigenvalue weighted by atomic mass is 19.4. The van der Waals surface area contributed by atoms with Crippen LogP contribution in [0.15, 0.2) is 24.3 Å². The van der Waals surface area contributed by atoms with Crippen molar-refractivity contribution in [1.82, 2.24) is 14.9 Å². The Balaban J connectivity index is 1.67. The molecular formula is C15H15F3N4O2. The number of alkyl halides is 3. The van der Waals surface area contributed by atoms with Gasteiger partial charge in [0.15, 0.2) is 0 Å². The molecule has 1 aromatic carbocycles. The first kappa shape index (κ1) is 16.3. The Morgan fingerprint density at radius 2 is 2.12 bits per heavy atom. The maximum Gasteiger partial charge on any atom is 0.406 e. The second-order valence-corrected chi connectivity index (χ2v) is 5.72. The molecule has 3 rings (SSSR count). The minimum absolute atomic E-state index is 0.0751. The minimum Gasteiger partial charge on any atom is -0.333 e. The molecule has 1 aliphatic heterocycles. The number of rotatable bonds is 3. The molecule has 0 bridgehead atoms. The van der Waals surface area contributed by atoms with Gasteiger partial charge in [0.2, 0.25) is 17.8 Å². The fourth-order valence-electron chi connectivity index (χ4n) is 2.73. The van der Waals surface area contributed by atoms with Crippen molar-refractivity contribution < 1.29 is 22.8 Å². The molecule has 1 atom stereocenters. The molecule has 1 unspecified atom stereocenters. The van der Waals surface area contributed by atoms with Gasteiger partial charge in [-0.1, -0.05) is 12.1 Å². The van der Waals surface area contributed by atoms with Crippen LogP contribution in [0.25, 0.3) is 11.0 Å². The molecule has 2 amide bonds. The molecule has 6 nitrogen and oxygen atoms in total. The quantitative estimate of drug-likeness (QED) is 0.900. The summed E-state index contributed by atoms with van der Waals surface area (Å²) >= 11 is 0. The number of carbonyl (C=O) groups is 2. The highest BCUT2D eigenvalue weighted by Crippen LogP contribution is 2.24. The van der Waals surface area contributed by atoms with Crippen LogP contribution in [0.2, 0.25) is 0 Å². The number of fused-ring (bicyclic) bond motifs is 1. The van der Waals surface area contributed by atoms with E-state index < -0.39 is 30.5 Å². The molecule has 2 aromatic rings. The number of H-pyrrole nitrogens is 1. The summed E-state index contributed by atoms with van der Waals surface area (Å²) in [6.45, 7) is -1.58. The van der Waals surface area contributed by atoms with Gasteiger partial charge < -0.3 is 9.88 Å². The zero-order chi connectivity index (χ0) is 17.3. The third-order valence-electron chi connectivity index (χ3n) is 3.87. The lowest BCUT2D eigenvalue weighted by molar-refractivity contribution is -0.166. The Morgan fingerprint density at radius 1 is 1.38 bits per heavy atom. The predicted molar refractivity (Wildman–Crippen MR) is 80.1 cm³/mol. The van der Waals surface area contributed by atoms with Gasteiger partial charge in [-0.3, -0.25) is 14.9 Å². The number of imidazole rings is 1. The fraction of sp³-hybridized carbons (Fsp3) is 0.400. The molecule has 2 N–H and O–H groups in total. The third-order valence-corrected chi connectivity index (χ3v) is 3.87. The number of halogens is 3. The number of amides is 2. The van der Waals surface area contributed by atoms with Gasteiger partial charge in [0.05, 0.1) is 17.0 Å². The van der Waals surface area contributed by atoms with Gasteiger partial charge in [-0.2, -0.15) is 13.2 Å². The molecule has 0 aliphatic carbocycles. The van der Waals surface area contributed by atoms with E-state index in [1.54, 1.807) is 18.2 Å². The first-order chi connectivity index (χ1) is 11.3. The maximum atomic E-state index is 12.5. The van der Waals surface area contributed by atoms with Gasteiger partial charge in [0, 0.05) is 13.0 Å². The largest absolute Gasteiger partial charge is 0.406 e. The number of aromatic nitrogens is 2. The minimum atomic E-state index is -4.48. The topological polar surface area (TPSA) is 78.1 Å². The number of hydrogen-bond acceptors (Lipinski definition) is 3. The Hall–Kier alpha value is -2.58. The normalized spacial score (nSPS) is 18.9. The van der Waals surface area contributed by atoms with E-state index in [4.69, 9.17) is 0 Å². The van der Waals surface area contributed by atoms with Crippen LogP contribution >= 0.6 is 0 Å². The lowest BCUT2D eigenvalue weighted by Crippen LogP contribution is -2.47. The lowest BCUT2D eigenvalue weighted by atomic mass is 9.96. The van der Waals surface area contributed by atoms with Gasteiger partial charge >= 0.3 is 6.18 Å². The number of piperidine rings is 1. The lowest BCUT2D eigenvalue weighted by Gasteiger charge is -2.32. The van der Waals surface area contributed by atoms with Crippen LogP contribution in [0.3, 0.4) is 0 Å². The molecule has 0 radical (unpaired) electrons. The number of benzene rings is 1. The van der Waals surface area contributed by atoms with E-state index in [1.165, 1.54) is 0 Å². The van der Waals surface area contributed by atoms with Crippen molar-refractivity contribution in [2.75, 3.05) is 18.4 Å². The van der Waals surface area contributed by atoms with Crippen LogP contribution in [-0.2, 0) is 9.59 Å². The molecule has 1 saturated heterocycles. The van der Waals surface area contributed by atoms with Crippen LogP contribution in [0.4, 0.5) is 19.1 Å². The Bertz CT molecular complexity index is 738. The maximum absolute atomic E-state index is 12.5. The Kier molecular flexibility index (Phi) is 4.16. The number of carbonyl (C=O) groups excluding carboxylic acids is 2. The number of hydrogen-bond donors (Lipinski definition) is 2. The Morgan fingerprint density at radius 3 is 2.83 bits per heavy atom. The van der Waals surface area contributed by atoms with Crippen LogP contribution in [-0.4, -0.2) is 45.9 Å². The smallest absolute Gasteiger partial charge is 0.333 e. The van der Waals surface area contributed by atoms with Gasteiger partial charge in [-0.15, -0.1) is 0 Å². The average Bonchev–Trinajstić information content (AvgIpc) is 2.90. The number of anilines is 1. The average molecular weight is 340 g/mol. The molecule has 24 heavy (non-hydrogen) atoms. The Labute approximate surface area is 135 Å². The SMILES string of the molecule is O=C(Nc1nc2ccccc2[nH]1)C1CCC(=O)N(CC(F)(F)F)C1. The number of likely N-dealkylation sites (tertiary alicyclic amines) is 1. The van der Waals surface area contributed by atoms with Gasteiger partial charge in [0.1, 0.15) is 6.54 Å². The molecule has 128 valence electrons. The fourth-order valence-corrected chi connectivity index (χ4v) is 2.73. The summed E-state index contributed by atoms with van der Waals surface area (Å²) in [5.41, 5.74) is 1.41. The van der Waals surface area contributed by atoms with Crippen molar-refractivity contribution in [1.29, 1.82) is 0 Å². The van der Waals surface area contributed by atoms with Crippen molar-refractivity contribution in [2.24, 2.45) is 5.92 Å². The van der Waals surface area contributed by atoms with Crippen molar-refractivity contribution in [2.45, 2.75) is 19.0 Å². The highest BCUT2D eigenvalue weighted by Gasteiger charge is 2.37. The molecule has 2 heterocycles. The zero-order valence-corrected chi connectivity index (χ0v) is 12.6. The molecule has 0 spiro atoms. The molecular weight excluding hydrogens is 325 g/mol. The van der Waals surface area contributed by atoms with Crippen LogP contribution in [0.5, 0.6) is 0 Å². The number of nitrogens with one attached hydrogen (secondary N) is 2. The zero-order valence-electron chi connectivity index (χ0n) is 12.6. The third kappa shape index (κ3) is 3.66. The number of nitrogens with zero attached hydrogens (tertiary/aromatic N) is 2. The summed E-state index contributed by atoms with van der Waals surface area (Å²) in [5.74, 6) is -1.49. The van der Waals surface area contributed by atoms with E-state index in [0.717, 1.165) is 5.52 Å². The van der Waals surface area contributed by atoms with Gasteiger partial charge in [0.25, 0.3) is 0 Å². The van der Waals surface area contributed by atoms with Gasteiger partial charge in [-0.05, 0) is 18.6 Å². The van der Waals surface area contributed by atoms with E-state index >= 15 is 0 Å². The first-order valence-electron chi connectivity index (χ1n) is 7.42. The molecule has 1 aromatic heterocycles. The van der Waals surface area contributed by atoms with Crippen LogP contribution < -0.4 is 5.32 Å². The summed E-state index contributed by atoms with van der Waals surface area (Å²) in [6, 6.07) is 7.18. The van der Waals surface area contributed by atoms with Crippen molar-refractivity contribution in [3.63, 3.8) is 0 Å². The summed E-state index contributed by atoms with van der Waals surface area (Å²) in [4.78, 5) is 31.7. The van der Waals surface area contributed by atoms with Crippen molar-refractivity contribution >= 4 is 28.8 Å². The van der Waals surface area contributed by atoms with E-state index in [-0.39, 0.29) is 25.3 Å². The highest BCUT2D eigenvalue weighted by molar-refractivity contribution is 5.94. The first-order valence-corrected chi connectivity index (χ1v) is 7.42. The molecule has 1 fully saturated rings. The van der Waals surface area contributed by atoms with Crippen LogP contribution in [0.1, 0.15) is 12.8 Å². The summed E-state index contributed by atoms with van der Waals surface area (Å²) in [7, 11) is 0. The second-order valence-electron chi connectivity index (χ2n) is 5.72. The van der Waals surface area contributed by atoms with Gasteiger partial charge in [-0.25, -0.2) is 4.98 Å². The van der Waals surface area contributed by atoms with E-state index in [9.17, 15) is 22.8 Å². The predicted octanol–water partition coefficient (Wildman–Crippen LogP) is 2.30. The summed E-state index contributed by atoms with van der Waals surface area (Å²) in [6.07, 6.45) is -4.33. The number of aromatic amines is 1. The van der Waals surface area contributed by atoms with E-state index in [2.05, 4.69) is 15.3 Å². The van der Waals surface area contributed by atoms with Crippen molar-refractivity contribution in [3.8, 4) is 0 Å². The summed E-state index contributed by atoms with van der Waals surface area (Å²) < 4.78 is 37.5. The number of para-hydroxylation sites is 2. The second kappa shape index (κ2) is 6.14. The molecule has 0 saturated carbocycles. The summed E-state index contributed by atoms with van der Waals surface area (Å²) in [5, 5.41) is 2.57.